The molecule has 4 rings (SSSR count). The second-order valence-corrected chi connectivity index (χ2v) is 10.1. The standard InChI is InChI=1S/C19H16ClF3N4O2S2/c20-15-7-6-14(19(21,22)23)12-16(15)31(28,29)27-10-8-26(9-11-27)18-25-24-17(30-18)13-4-2-1-3-5-13/h1-7,12H,8-11H2. The van der Waals surface area contributed by atoms with Crippen molar-refractivity contribution < 1.29 is 21.6 Å². The van der Waals surface area contributed by atoms with Crippen LogP contribution in [0.4, 0.5) is 18.3 Å². The average Bonchev–Trinajstić information content (AvgIpc) is 3.24. The molecule has 0 bridgehead atoms. The van der Waals surface area contributed by atoms with E-state index in [2.05, 4.69) is 10.2 Å². The number of alkyl halides is 3. The molecule has 12 heteroatoms. The Balaban J connectivity index is 1.50. The number of halogens is 4. The highest BCUT2D eigenvalue weighted by Gasteiger charge is 2.35. The molecular formula is C19H16ClF3N4O2S2. The fraction of sp³-hybridized carbons (Fsp3) is 0.263. The molecule has 0 saturated carbocycles. The SMILES string of the molecule is O=S(=O)(c1cc(C(F)(F)F)ccc1Cl)N1CCN(c2nnc(-c3ccccc3)s2)CC1. The highest BCUT2D eigenvalue weighted by Crippen LogP contribution is 2.35. The number of hydrogen-bond acceptors (Lipinski definition) is 6. The van der Waals surface area contributed by atoms with Gasteiger partial charge in [-0.05, 0) is 18.2 Å². The van der Waals surface area contributed by atoms with E-state index in [0.717, 1.165) is 27.0 Å². The lowest BCUT2D eigenvalue weighted by molar-refractivity contribution is -0.137. The molecule has 1 fully saturated rings. The molecule has 31 heavy (non-hydrogen) atoms. The Bertz CT molecular complexity index is 1180. The molecule has 0 unspecified atom stereocenters. The maximum absolute atomic E-state index is 13.0. The minimum absolute atomic E-state index is 0.0924. The Kier molecular flexibility index (Phi) is 5.95. The zero-order valence-electron chi connectivity index (χ0n) is 15.9. The van der Waals surface area contributed by atoms with E-state index >= 15 is 0 Å². The first-order valence-electron chi connectivity index (χ1n) is 9.17. The van der Waals surface area contributed by atoms with Gasteiger partial charge >= 0.3 is 6.18 Å². The quantitative estimate of drug-likeness (QED) is 0.545. The van der Waals surface area contributed by atoms with Crippen LogP contribution in [-0.2, 0) is 16.2 Å². The van der Waals surface area contributed by atoms with E-state index in [-0.39, 0.29) is 18.1 Å². The van der Waals surface area contributed by atoms with Crippen molar-refractivity contribution in [3.63, 3.8) is 0 Å². The number of benzene rings is 2. The van der Waals surface area contributed by atoms with Gasteiger partial charge in [-0.1, -0.05) is 53.3 Å². The number of nitrogens with zero attached hydrogens (tertiary/aromatic N) is 4. The van der Waals surface area contributed by atoms with Crippen molar-refractivity contribution in [2.24, 2.45) is 0 Å². The van der Waals surface area contributed by atoms with Crippen LogP contribution in [0.15, 0.2) is 53.4 Å². The van der Waals surface area contributed by atoms with E-state index in [1.54, 1.807) is 0 Å². The molecule has 0 aliphatic carbocycles. The molecule has 6 nitrogen and oxygen atoms in total. The van der Waals surface area contributed by atoms with Gasteiger partial charge in [0, 0.05) is 31.7 Å². The molecule has 2 aromatic carbocycles. The van der Waals surface area contributed by atoms with Crippen molar-refractivity contribution in [2.45, 2.75) is 11.1 Å². The van der Waals surface area contributed by atoms with E-state index in [4.69, 9.17) is 11.6 Å². The van der Waals surface area contributed by atoms with Crippen LogP contribution in [0.2, 0.25) is 5.02 Å². The molecule has 0 N–H and O–H groups in total. The fourth-order valence-electron chi connectivity index (χ4n) is 3.18. The van der Waals surface area contributed by atoms with Gasteiger partial charge < -0.3 is 4.90 Å². The maximum atomic E-state index is 13.0. The summed E-state index contributed by atoms with van der Waals surface area (Å²) in [7, 11) is -4.18. The normalized spacial score (nSPS) is 15.9. The minimum Gasteiger partial charge on any atom is -0.344 e. The molecule has 164 valence electrons. The summed E-state index contributed by atoms with van der Waals surface area (Å²) in [6, 6.07) is 11.9. The van der Waals surface area contributed by atoms with Crippen LogP contribution in [0.5, 0.6) is 0 Å². The summed E-state index contributed by atoms with van der Waals surface area (Å²) in [5.74, 6) is 0. The van der Waals surface area contributed by atoms with Gasteiger partial charge in [0.05, 0.1) is 10.6 Å². The number of rotatable bonds is 4. The van der Waals surface area contributed by atoms with E-state index in [0.29, 0.717) is 24.3 Å². The van der Waals surface area contributed by atoms with Gasteiger partial charge in [-0.15, -0.1) is 10.2 Å². The minimum atomic E-state index is -4.66. The predicted octanol–water partition coefficient (Wildman–Crippen LogP) is 4.39. The van der Waals surface area contributed by atoms with Crippen molar-refractivity contribution in [3.05, 3.63) is 59.1 Å². The van der Waals surface area contributed by atoms with Gasteiger partial charge in [-0.25, -0.2) is 8.42 Å². The van der Waals surface area contributed by atoms with Gasteiger partial charge in [-0.2, -0.15) is 17.5 Å². The first kappa shape index (κ1) is 22.0. The smallest absolute Gasteiger partial charge is 0.344 e. The summed E-state index contributed by atoms with van der Waals surface area (Å²) >= 11 is 7.33. The van der Waals surface area contributed by atoms with Gasteiger partial charge in [0.25, 0.3) is 0 Å². The Morgan fingerprint density at radius 2 is 1.65 bits per heavy atom. The van der Waals surface area contributed by atoms with Crippen LogP contribution in [0.25, 0.3) is 10.6 Å². The Labute approximate surface area is 185 Å². The Morgan fingerprint density at radius 1 is 0.968 bits per heavy atom. The Morgan fingerprint density at radius 3 is 2.29 bits per heavy atom. The third-order valence-electron chi connectivity index (χ3n) is 4.82. The highest BCUT2D eigenvalue weighted by atomic mass is 35.5. The summed E-state index contributed by atoms with van der Waals surface area (Å²) in [5, 5.41) is 9.56. The maximum Gasteiger partial charge on any atom is 0.416 e. The van der Waals surface area contributed by atoms with Crippen LogP contribution in [0.1, 0.15) is 5.56 Å². The number of piperazine rings is 1. The largest absolute Gasteiger partial charge is 0.416 e. The summed E-state index contributed by atoms with van der Waals surface area (Å²) in [6.07, 6.45) is -4.66. The van der Waals surface area contributed by atoms with E-state index in [9.17, 15) is 21.6 Å². The van der Waals surface area contributed by atoms with Crippen molar-refractivity contribution >= 4 is 38.1 Å². The topological polar surface area (TPSA) is 66.4 Å². The van der Waals surface area contributed by atoms with Gasteiger partial charge in [-0.3, -0.25) is 0 Å². The molecule has 2 heterocycles. The third kappa shape index (κ3) is 4.54. The molecule has 1 saturated heterocycles. The number of aromatic nitrogens is 2. The van der Waals surface area contributed by atoms with Gasteiger partial charge in [0.2, 0.25) is 15.2 Å². The highest BCUT2D eigenvalue weighted by molar-refractivity contribution is 7.89. The second-order valence-electron chi connectivity index (χ2n) is 6.79. The summed E-state index contributed by atoms with van der Waals surface area (Å²) in [6.45, 7) is 0.850. The number of anilines is 1. The average molecular weight is 489 g/mol. The number of sulfonamides is 1. The van der Waals surface area contributed by atoms with E-state index < -0.39 is 26.7 Å². The molecular weight excluding hydrogens is 473 g/mol. The van der Waals surface area contributed by atoms with Crippen LogP contribution in [-0.4, -0.2) is 49.1 Å². The van der Waals surface area contributed by atoms with E-state index in [1.165, 1.54) is 11.3 Å². The monoisotopic (exact) mass is 488 g/mol. The molecule has 1 aliphatic rings. The van der Waals surface area contributed by atoms with Gasteiger partial charge in [0.1, 0.15) is 9.90 Å². The van der Waals surface area contributed by atoms with Crippen LogP contribution < -0.4 is 4.90 Å². The molecule has 1 aliphatic heterocycles. The van der Waals surface area contributed by atoms with Crippen molar-refractivity contribution in [1.82, 2.24) is 14.5 Å². The molecule has 3 aromatic rings. The Hall–Kier alpha value is -2.21. The predicted molar refractivity (Wildman–Crippen MR) is 113 cm³/mol. The molecule has 0 amide bonds. The molecule has 0 spiro atoms. The molecule has 1 aromatic heterocycles. The molecule has 0 radical (unpaired) electrons. The van der Waals surface area contributed by atoms with Crippen LogP contribution >= 0.6 is 22.9 Å². The first-order chi connectivity index (χ1) is 14.7. The first-order valence-corrected chi connectivity index (χ1v) is 11.8. The zero-order valence-corrected chi connectivity index (χ0v) is 18.3. The summed E-state index contributed by atoms with van der Waals surface area (Å²) < 4.78 is 66.1. The summed E-state index contributed by atoms with van der Waals surface area (Å²) in [4.78, 5) is 1.36. The third-order valence-corrected chi connectivity index (χ3v) is 8.23. The van der Waals surface area contributed by atoms with Crippen molar-refractivity contribution in [1.29, 1.82) is 0 Å². The van der Waals surface area contributed by atoms with E-state index in [1.807, 2.05) is 35.2 Å². The van der Waals surface area contributed by atoms with Crippen molar-refractivity contribution in [2.75, 3.05) is 31.1 Å². The van der Waals surface area contributed by atoms with Crippen LogP contribution in [0, 0.1) is 0 Å². The lowest BCUT2D eigenvalue weighted by atomic mass is 10.2. The number of hydrogen-bond donors (Lipinski definition) is 0. The van der Waals surface area contributed by atoms with Gasteiger partial charge in [0.15, 0.2) is 0 Å². The fourth-order valence-corrected chi connectivity index (χ4v) is 6.00. The summed E-state index contributed by atoms with van der Waals surface area (Å²) in [5.41, 5.74) is -0.122. The molecule has 0 atom stereocenters. The lowest BCUT2D eigenvalue weighted by Gasteiger charge is -2.33. The van der Waals surface area contributed by atoms with Crippen LogP contribution in [0.3, 0.4) is 0 Å². The second kappa shape index (κ2) is 8.38. The lowest BCUT2D eigenvalue weighted by Crippen LogP contribution is -2.48. The zero-order chi connectivity index (χ0) is 22.2. The van der Waals surface area contributed by atoms with Crippen molar-refractivity contribution in [3.8, 4) is 10.6 Å².